The predicted molar refractivity (Wildman–Crippen MR) is 105 cm³/mol. The zero-order valence-electron chi connectivity index (χ0n) is 14.2. The van der Waals surface area contributed by atoms with Crippen LogP contribution in [-0.2, 0) is 4.74 Å². The summed E-state index contributed by atoms with van der Waals surface area (Å²) in [7, 11) is 0. The summed E-state index contributed by atoms with van der Waals surface area (Å²) in [5.41, 5.74) is 2.43. The number of halogens is 2. The smallest absolute Gasteiger partial charge is 0.339 e. The van der Waals surface area contributed by atoms with Crippen LogP contribution in [0.2, 0.25) is 10.0 Å². The standard InChI is InChI=1S/C21H15Cl2NO3/c22-16-8-7-13(9-17(16)23)20(25)11-27-21(26)15-10-19(12-5-6-12)24-18-4-2-1-3-14(15)18/h1-4,7-10,12H,5-6,11H2. The highest BCUT2D eigenvalue weighted by Gasteiger charge is 2.27. The number of carbonyl (C=O) groups is 2. The minimum atomic E-state index is -0.538. The fourth-order valence-corrected chi connectivity index (χ4v) is 3.21. The van der Waals surface area contributed by atoms with Crippen molar-refractivity contribution < 1.29 is 14.3 Å². The third-order valence-electron chi connectivity index (χ3n) is 4.53. The van der Waals surface area contributed by atoms with Crippen molar-refractivity contribution in [3.8, 4) is 0 Å². The summed E-state index contributed by atoms with van der Waals surface area (Å²) in [4.78, 5) is 29.6. The van der Waals surface area contributed by atoms with Gasteiger partial charge in [0.2, 0.25) is 0 Å². The molecule has 4 rings (SSSR count). The molecule has 136 valence electrons. The molecule has 1 aliphatic carbocycles. The number of pyridine rings is 1. The molecule has 0 atom stereocenters. The van der Waals surface area contributed by atoms with E-state index < -0.39 is 5.97 Å². The Hall–Kier alpha value is -2.43. The van der Waals surface area contributed by atoms with Crippen molar-refractivity contribution in [2.24, 2.45) is 0 Å². The van der Waals surface area contributed by atoms with E-state index in [9.17, 15) is 9.59 Å². The quantitative estimate of drug-likeness (QED) is 0.422. The van der Waals surface area contributed by atoms with Crippen molar-refractivity contribution in [3.63, 3.8) is 0 Å². The van der Waals surface area contributed by atoms with Crippen LogP contribution >= 0.6 is 23.2 Å². The topological polar surface area (TPSA) is 56.3 Å². The molecule has 0 saturated heterocycles. The molecule has 0 N–H and O–H groups in total. The van der Waals surface area contributed by atoms with E-state index in [4.69, 9.17) is 27.9 Å². The molecule has 1 aromatic heterocycles. The molecule has 27 heavy (non-hydrogen) atoms. The van der Waals surface area contributed by atoms with E-state index in [2.05, 4.69) is 4.98 Å². The van der Waals surface area contributed by atoms with Crippen molar-refractivity contribution in [1.29, 1.82) is 0 Å². The van der Waals surface area contributed by atoms with E-state index >= 15 is 0 Å². The van der Waals surface area contributed by atoms with Gasteiger partial charge in [-0.15, -0.1) is 0 Å². The Morgan fingerprint density at radius 1 is 1.04 bits per heavy atom. The predicted octanol–water partition coefficient (Wildman–Crippen LogP) is 5.46. The summed E-state index contributed by atoms with van der Waals surface area (Å²) >= 11 is 11.8. The molecular weight excluding hydrogens is 385 g/mol. The van der Waals surface area contributed by atoms with Crippen molar-refractivity contribution in [2.45, 2.75) is 18.8 Å². The van der Waals surface area contributed by atoms with E-state index in [1.54, 1.807) is 12.1 Å². The van der Waals surface area contributed by atoms with E-state index in [1.807, 2.05) is 24.3 Å². The van der Waals surface area contributed by atoms with E-state index in [0.29, 0.717) is 27.5 Å². The zero-order chi connectivity index (χ0) is 19.0. The summed E-state index contributed by atoms with van der Waals surface area (Å²) < 4.78 is 5.29. The maximum Gasteiger partial charge on any atom is 0.339 e. The van der Waals surface area contributed by atoms with Crippen LogP contribution in [-0.4, -0.2) is 23.3 Å². The minimum absolute atomic E-state index is 0.281. The first kappa shape index (κ1) is 18.0. The van der Waals surface area contributed by atoms with Crippen molar-refractivity contribution in [2.75, 3.05) is 6.61 Å². The average Bonchev–Trinajstić information content (AvgIpc) is 3.52. The number of para-hydroxylation sites is 1. The van der Waals surface area contributed by atoms with Crippen LogP contribution < -0.4 is 0 Å². The fraction of sp³-hybridized carbons (Fsp3) is 0.190. The SMILES string of the molecule is O=C(COC(=O)c1cc(C2CC2)nc2ccccc12)c1ccc(Cl)c(Cl)c1. The number of hydrogen-bond donors (Lipinski definition) is 0. The first-order valence-electron chi connectivity index (χ1n) is 8.58. The summed E-state index contributed by atoms with van der Waals surface area (Å²) in [6, 6.07) is 13.8. The molecule has 0 aliphatic heterocycles. The number of rotatable bonds is 5. The number of fused-ring (bicyclic) bond motifs is 1. The Morgan fingerprint density at radius 3 is 2.56 bits per heavy atom. The Bertz CT molecular complexity index is 1060. The lowest BCUT2D eigenvalue weighted by molar-refractivity contribution is 0.0476. The normalized spacial score (nSPS) is 13.6. The van der Waals surface area contributed by atoms with E-state index in [-0.39, 0.29) is 17.4 Å². The Morgan fingerprint density at radius 2 is 1.81 bits per heavy atom. The molecule has 0 radical (unpaired) electrons. The lowest BCUT2D eigenvalue weighted by Crippen LogP contribution is -2.15. The highest BCUT2D eigenvalue weighted by molar-refractivity contribution is 6.42. The van der Waals surface area contributed by atoms with Crippen molar-refractivity contribution >= 4 is 45.9 Å². The molecule has 6 heteroatoms. The van der Waals surface area contributed by atoms with Gasteiger partial charge in [-0.05, 0) is 43.2 Å². The largest absolute Gasteiger partial charge is 0.454 e. The number of ketones is 1. The average molecular weight is 400 g/mol. The number of aromatic nitrogens is 1. The van der Waals surface area contributed by atoms with E-state index in [1.165, 1.54) is 12.1 Å². The van der Waals surface area contributed by atoms with Gasteiger partial charge in [0.25, 0.3) is 0 Å². The maximum atomic E-state index is 12.7. The van der Waals surface area contributed by atoms with Crippen molar-refractivity contribution in [3.05, 3.63) is 75.4 Å². The molecule has 0 bridgehead atoms. The molecule has 0 amide bonds. The third kappa shape index (κ3) is 3.82. The van der Waals surface area contributed by atoms with Gasteiger partial charge in [-0.2, -0.15) is 0 Å². The second kappa shape index (κ2) is 7.29. The van der Waals surface area contributed by atoms with Gasteiger partial charge in [0.1, 0.15) is 0 Å². The molecule has 3 aromatic rings. The van der Waals surface area contributed by atoms with Crippen molar-refractivity contribution in [1.82, 2.24) is 4.98 Å². The lowest BCUT2D eigenvalue weighted by atomic mass is 10.1. The second-order valence-electron chi connectivity index (χ2n) is 6.51. The molecule has 0 unspecified atom stereocenters. The molecule has 1 fully saturated rings. The number of esters is 1. The van der Waals surface area contributed by atoms with Crippen LogP contribution in [0.15, 0.2) is 48.5 Å². The Balaban J connectivity index is 1.56. The minimum Gasteiger partial charge on any atom is -0.454 e. The Kier molecular flexibility index (Phi) is 4.85. The summed E-state index contributed by atoms with van der Waals surface area (Å²) in [5, 5.41) is 1.36. The number of carbonyl (C=O) groups excluding carboxylic acids is 2. The number of hydrogen-bond acceptors (Lipinski definition) is 4. The Labute approximate surface area is 166 Å². The van der Waals surface area contributed by atoms with Crippen LogP contribution in [0.4, 0.5) is 0 Å². The molecule has 1 aliphatic rings. The second-order valence-corrected chi connectivity index (χ2v) is 7.33. The van der Waals surface area contributed by atoms with Crippen LogP contribution in [0, 0.1) is 0 Å². The van der Waals surface area contributed by atoms with Gasteiger partial charge in [-0.1, -0.05) is 41.4 Å². The summed E-state index contributed by atoms with van der Waals surface area (Å²) in [6.45, 7) is -0.369. The monoisotopic (exact) mass is 399 g/mol. The van der Waals surface area contributed by atoms with Crippen LogP contribution in [0.3, 0.4) is 0 Å². The first-order chi connectivity index (χ1) is 13.0. The third-order valence-corrected chi connectivity index (χ3v) is 5.27. The highest BCUT2D eigenvalue weighted by Crippen LogP contribution is 2.40. The zero-order valence-corrected chi connectivity index (χ0v) is 15.8. The van der Waals surface area contributed by atoms with Gasteiger partial charge in [0.15, 0.2) is 12.4 Å². The van der Waals surface area contributed by atoms with E-state index in [0.717, 1.165) is 24.1 Å². The maximum absolute atomic E-state index is 12.7. The number of nitrogens with zero attached hydrogens (tertiary/aromatic N) is 1. The van der Waals surface area contributed by atoms with Gasteiger partial charge >= 0.3 is 5.97 Å². The molecule has 4 nitrogen and oxygen atoms in total. The summed E-state index contributed by atoms with van der Waals surface area (Å²) in [6.07, 6.45) is 2.16. The van der Waals surface area contributed by atoms with Gasteiger partial charge in [0, 0.05) is 22.6 Å². The molecular formula is C21H15Cl2NO3. The van der Waals surface area contributed by atoms with Gasteiger partial charge in [0.05, 0.1) is 21.1 Å². The summed E-state index contributed by atoms with van der Waals surface area (Å²) in [5.74, 6) is -0.481. The lowest BCUT2D eigenvalue weighted by Gasteiger charge is -2.09. The molecule has 0 spiro atoms. The first-order valence-corrected chi connectivity index (χ1v) is 9.33. The molecule has 1 heterocycles. The molecule has 1 saturated carbocycles. The van der Waals surface area contributed by atoms with Crippen LogP contribution in [0.5, 0.6) is 0 Å². The van der Waals surface area contributed by atoms with Gasteiger partial charge < -0.3 is 4.74 Å². The van der Waals surface area contributed by atoms with Crippen LogP contribution in [0.1, 0.15) is 45.2 Å². The number of benzene rings is 2. The van der Waals surface area contributed by atoms with Gasteiger partial charge in [-0.25, -0.2) is 4.79 Å². The number of ether oxygens (including phenoxy) is 1. The molecule has 2 aromatic carbocycles. The van der Waals surface area contributed by atoms with Gasteiger partial charge in [-0.3, -0.25) is 9.78 Å². The fourth-order valence-electron chi connectivity index (χ4n) is 2.91. The highest BCUT2D eigenvalue weighted by atomic mass is 35.5. The number of Topliss-reactive ketones (excluding diaryl/α,β-unsaturated/α-hetero) is 1. The van der Waals surface area contributed by atoms with Crippen LogP contribution in [0.25, 0.3) is 10.9 Å².